The Hall–Kier alpha value is -2.56. The predicted molar refractivity (Wildman–Crippen MR) is 279 cm³/mol. The Labute approximate surface area is 436 Å². The molecule has 0 saturated heterocycles. The smallest absolute Gasteiger partial charge is 0.472 e. The zero-order valence-electron chi connectivity index (χ0n) is 42.7. The van der Waals surface area contributed by atoms with E-state index < -0.39 is 107 Å². The molecule has 0 aliphatic heterocycles. The van der Waals surface area contributed by atoms with Gasteiger partial charge in [0, 0.05) is 23.8 Å². The molecule has 422 valence electrons. The van der Waals surface area contributed by atoms with Crippen LogP contribution in [-0.4, -0.2) is 142 Å². The molecule has 1 fully saturated rings. The van der Waals surface area contributed by atoms with E-state index in [0.29, 0.717) is 6.42 Å². The van der Waals surface area contributed by atoms with Crippen LogP contribution >= 0.6 is 27.4 Å². The summed E-state index contributed by atoms with van der Waals surface area (Å²) in [5, 5.41) is 60.6. The van der Waals surface area contributed by atoms with Gasteiger partial charge in [-0.15, -0.1) is 11.8 Å². The molecule has 11 atom stereocenters. The zero-order chi connectivity index (χ0) is 54.5. The summed E-state index contributed by atoms with van der Waals surface area (Å²) in [5.41, 5.74) is 6.21. The Bertz CT molecular complexity index is 1760. The molecule has 23 heteroatoms. The summed E-state index contributed by atoms with van der Waals surface area (Å²) in [6, 6.07) is -1.40. The van der Waals surface area contributed by atoms with Gasteiger partial charge in [-0.3, -0.25) is 28.0 Å². The van der Waals surface area contributed by atoms with Gasteiger partial charge >= 0.3 is 33.6 Å². The van der Waals surface area contributed by atoms with Gasteiger partial charge in [0.15, 0.2) is 6.10 Å². The highest BCUT2D eigenvalue weighted by molar-refractivity contribution is 8.00. The Kier molecular flexibility index (Phi) is 38.1. The van der Waals surface area contributed by atoms with Crippen molar-refractivity contribution in [2.24, 2.45) is 5.73 Å². The number of aliphatic hydroxyl groups excluding tert-OH is 5. The van der Waals surface area contributed by atoms with Crippen LogP contribution in [0.5, 0.6) is 0 Å². The van der Waals surface area contributed by atoms with Crippen molar-refractivity contribution in [3.8, 4) is 0 Å². The summed E-state index contributed by atoms with van der Waals surface area (Å²) < 4.78 is 50.0. The summed E-state index contributed by atoms with van der Waals surface area (Å²) in [5.74, 6) is -2.94. The fourth-order valence-corrected chi connectivity index (χ4v) is 10.1. The van der Waals surface area contributed by atoms with E-state index in [9.17, 15) is 63.7 Å². The van der Waals surface area contributed by atoms with Gasteiger partial charge in [-0.2, -0.15) is 0 Å². The van der Waals surface area contributed by atoms with Crippen LogP contribution in [-0.2, 0) is 46.6 Å². The lowest BCUT2D eigenvalue weighted by Crippen LogP contribution is -2.64. The van der Waals surface area contributed by atoms with Crippen LogP contribution in [0, 0.1) is 0 Å². The fraction of sp³-hybridized carbons (Fsp3) is 0.740. The topological polar surface area (TPSA) is 340 Å². The number of esters is 2. The van der Waals surface area contributed by atoms with Gasteiger partial charge in [-0.05, 0) is 57.8 Å². The number of carbonyl (C=O) groups excluding carboxylic acids is 2. The molecule has 0 heterocycles. The number of hydrogen-bond donors (Lipinski definition) is 10. The Morgan fingerprint density at radius 3 is 1.81 bits per heavy atom. The lowest BCUT2D eigenvalue weighted by atomic mass is 9.85. The van der Waals surface area contributed by atoms with Crippen LogP contribution in [0.1, 0.15) is 155 Å². The third-order valence-corrected chi connectivity index (χ3v) is 14.5. The van der Waals surface area contributed by atoms with Gasteiger partial charge in [0.2, 0.25) is 0 Å². The highest BCUT2D eigenvalue weighted by Crippen LogP contribution is 2.50. The molecule has 20 nitrogen and oxygen atoms in total. The molecule has 73 heavy (non-hydrogen) atoms. The van der Waals surface area contributed by atoms with E-state index >= 15 is 0 Å². The maximum Gasteiger partial charge on any atom is 0.472 e. The van der Waals surface area contributed by atoms with E-state index in [0.717, 1.165) is 82.4 Å². The summed E-state index contributed by atoms with van der Waals surface area (Å²) in [6.07, 6.45) is 22.0. The van der Waals surface area contributed by atoms with Crippen LogP contribution in [0.2, 0.25) is 0 Å². The number of ether oxygens (including phenoxy) is 2. The van der Waals surface area contributed by atoms with Crippen molar-refractivity contribution in [3.63, 3.8) is 0 Å². The van der Waals surface area contributed by atoms with Crippen molar-refractivity contribution >= 4 is 45.3 Å². The van der Waals surface area contributed by atoms with Crippen molar-refractivity contribution in [1.29, 1.82) is 0 Å². The molecule has 0 radical (unpaired) electrons. The van der Waals surface area contributed by atoms with Gasteiger partial charge in [0.1, 0.15) is 49.3 Å². The number of phosphoric ester groups is 2. The molecule has 0 aromatic carbocycles. The standard InChI is InChI=1S/C50H87NO19P2S/c1-3-5-7-9-11-13-15-17-18-19-21-23-25-27-29-34-43(55)66-35-38(36-67-72(64,65)70-49-47(59)45(57)44(56)46(58)48(49)69-71(61,62)63)68-50(60)39(51)37-73-41(40(52)31-30-33-42(53)54)32-28-26-24-22-20-16-14-12-10-8-6-4-2/h5,7,12,14,20,22,24,26,28,32,38-41,44-49,52,56-59H,3-4,6,8-11,13,15-19,21,23,25,27,29-31,33-37,51H2,1-2H3,(H,53,54)(H,64,65)(H2,61,62,63)/b7-5-,14-12-,22-20-,26-24+,32-28+/t38-,39+,40+,41-,44+,45+,46-,47-,48-,49+/m1/s1. The van der Waals surface area contributed by atoms with Crippen LogP contribution in [0.15, 0.2) is 60.8 Å². The van der Waals surface area contributed by atoms with Crippen molar-refractivity contribution in [2.75, 3.05) is 19.0 Å². The highest BCUT2D eigenvalue weighted by atomic mass is 32.2. The molecule has 0 aromatic heterocycles. The molecule has 1 saturated carbocycles. The van der Waals surface area contributed by atoms with Gasteiger partial charge in [0.25, 0.3) is 0 Å². The Morgan fingerprint density at radius 2 is 1.22 bits per heavy atom. The maximum absolute atomic E-state index is 13.4. The third-order valence-electron chi connectivity index (χ3n) is 11.6. The lowest BCUT2D eigenvalue weighted by Gasteiger charge is -2.43. The van der Waals surface area contributed by atoms with E-state index in [1.54, 1.807) is 24.3 Å². The van der Waals surface area contributed by atoms with Gasteiger partial charge in [0.05, 0.1) is 12.7 Å². The van der Waals surface area contributed by atoms with Crippen molar-refractivity contribution in [3.05, 3.63) is 60.8 Å². The number of aliphatic hydroxyl groups is 5. The highest BCUT2D eigenvalue weighted by Gasteiger charge is 2.54. The molecular formula is C50H87NO19P2S. The fourth-order valence-electron chi connectivity index (χ4n) is 7.45. The first-order valence-electron chi connectivity index (χ1n) is 25.8. The molecular weight excluding hydrogens is 1010 g/mol. The van der Waals surface area contributed by atoms with E-state index in [1.165, 1.54) is 38.5 Å². The van der Waals surface area contributed by atoms with Crippen molar-refractivity contribution < 1.29 is 91.9 Å². The summed E-state index contributed by atoms with van der Waals surface area (Å²) >= 11 is 1.07. The monoisotopic (exact) mass is 1100 g/mol. The number of phosphoric acid groups is 2. The van der Waals surface area contributed by atoms with E-state index in [2.05, 4.69) is 42.7 Å². The number of nitrogens with two attached hydrogens (primary N) is 1. The number of rotatable bonds is 43. The number of carboxylic acid groups (broad SMARTS) is 1. The van der Waals surface area contributed by atoms with E-state index in [-0.39, 0.29) is 31.4 Å². The first-order chi connectivity index (χ1) is 34.7. The molecule has 0 amide bonds. The summed E-state index contributed by atoms with van der Waals surface area (Å²) in [6.45, 7) is 2.54. The van der Waals surface area contributed by atoms with Crippen LogP contribution in [0.3, 0.4) is 0 Å². The molecule has 1 aliphatic carbocycles. The van der Waals surface area contributed by atoms with Crippen LogP contribution in [0.4, 0.5) is 0 Å². The van der Waals surface area contributed by atoms with Gasteiger partial charge < -0.3 is 60.5 Å². The van der Waals surface area contributed by atoms with Crippen LogP contribution in [0.25, 0.3) is 0 Å². The molecule has 0 aromatic rings. The second-order valence-corrected chi connectivity index (χ2v) is 21.9. The number of hydrogen-bond acceptors (Lipinski definition) is 17. The normalized spacial score (nSPS) is 22.3. The van der Waals surface area contributed by atoms with E-state index in [4.69, 9.17) is 29.4 Å². The molecule has 11 N–H and O–H groups in total. The number of carboxylic acids is 1. The van der Waals surface area contributed by atoms with Gasteiger partial charge in [-0.25, -0.2) is 9.13 Å². The summed E-state index contributed by atoms with van der Waals surface area (Å²) in [7, 11) is -11.0. The average Bonchev–Trinajstić information content (AvgIpc) is 3.33. The number of thioether (sulfide) groups is 1. The number of allylic oxidation sites excluding steroid dienone is 9. The maximum atomic E-state index is 13.4. The molecule has 1 rings (SSSR count). The Morgan fingerprint density at radius 1 is 0.658 bits per heavy atom. The minimum Gasteiger partial charge on any atom is -0.481 e. The Balaban J connectivity index is 3.01. The zero-order valence-corrected chi connectivity index (χ0v) is 45.3. The average molecular weight is 1100 g/mol. The third kappa shape index (κ3) is 34.0. The number of aliphatic carboxylic acids is 1. The molecule has 0 spiro atoms. The van der Waals surface area contributed by atoms with Crippen LogP contribution < -0.4 is 5.73 Å². The van der Waals surface area contributed by atoms with E-state index in [1.807, 2.05) is 12.2 Å². The van der Waals surface area contributed by atoms with Gasteiger partial charge in [-0.1, -0.05) is 145 Å². The molecule has 1 aliphatic rings. The van der Waals surface area contributed by atoms with Crippen molar-refractivity contribution in [1.82, 2.24) is 0 Å². The number of carbonyl (C=O) groups is 3. The SMILES string of the molecule is CC/C=C\CCCCCCCCCCCCCC(=O)OC[C@H](COP(=O)(O)O[C@H]1[C@H](O)[C@@H](O)[C@H](O)[C@@H](O)[C@H]1OP(=O)(O)O)OC(=O)[C@@H](N)CS[C@H](/C=C/C=C/C=C\C/C=C\CCCCC)[C@@H](O)CCCC(=O)O. The molecule has 1 unspecified atom stereocenters. The summed E-state index contributed by atoms with van der Waals surface area (Å²) in [4.78, 5) is 66.7. The minimum atomic E-state index is -5.52. The minimum absolute atomic E-state index is 0.00939. The second-order valence-electron chi connectivity index (χ2n) is 18.1. The largest absolute Gasteiger partial charge is 0.481 e. The first-order valence-corrected chi connectivity index (χ1v) is 29.8. The predicted octanol–water partition coefficient (Wildman–Crippen LogP) is 7.16. The lowest BCUT2D eigenvalue weighted by molar-refractivity contribution is -0.216. The first kappa shape index (κ1) is 68.5. The quantitative estimate of drug-likeness (QED) is 0.00952. The second kappa shape index (κ2) is 40.7. The number of unbranched alkanes of at least 4 members (excludes halogenated alkanes) is 14. The molecule has 0 bridgehead atoms. The van der Waals surface area contributed by atoms with Crippen molar-refractivity contribution in [2.45, 2.75) is 215 Å².